The molecule has 2 aromatic carbocycles. The molecule has 1 amide bonds. The SMILES string of the molecule is CN=C(N)/C(C)=C\N(C=O)C1OC(COP(NC(C)C(=O)OC(C)C)Oc2cccc3ccccc23)C(O)C1C. The first kappa shape index (κ1) is 31.4. The third kappa shape index (κ3) is 7.99. The van der Waals surface area contributed by atoms with Crippen molar-refractivity contribution in [3.63, 3.8) is 0 Å². The van der Waals surface area contributed by atoms with Crippen LogP contribution in [-0.4, -0.2) is 72.5 Å². The van der Waals surface area contributed by atoms with Crippen molar-refractivity contribution in [1.82, 2.24) is 9.99 Å². The molecule has 1 fully saturated rings. The van der Waals surface area contributed by atoms with Gasteiger partial charge < -0.3 is 29.4 Å². The number of aliphatic hydroxyl groups excluding tert-OH is 1. The average Bonchev–Trinajstić information content (AvgIpc) is 3.22. The summed E-state index contributed by atoms with van der Waals surface area (Å²) in [5.74, 6) is -0.0218. The molecule has 3 rings (SSSR count). The van der Waals surface area contributed by atoms with Crippen LogP contribution in [0.4, 0.5) is 0 Å². The third-order valence-corrected chi connectivity index (χ3v) is 7.72. The number of carbonyl (C=O) groups excluding carboxylic acids is 2. The molecule has 40 heavy (non-hydrogen) atoms. The van der Waals surface area contributed by atoms with Gasteiger partial charge in [-0.1, -0.05) is 43.3 Å². The number of benzene rings is 2. The number of amides is 1. The van der Waals surface area contributed by atoms with E-state index in [1.807, 2.05) is 42.5 Å². The summed E-state index contributed by atoms with van der Waals surface area (Å²) in [5, 5.41) is 15.9. The Kier molecular flexibility index (Phi) is 11.4. The Morgan fingerprint density at radius 3 is 2.62 bits per heavy atom. The average molecular weight is 575 g/mol. The standard InChI is InChI=1S/C28H39N4O7P/c1-17(2)37-28(35)20(5)31-40(39-23-13-9-11-21-10-7-8-12-22(21)23)36-15-24-25(34)19(4)27(38-24)32(16-33)14-18(3)26(29)30-6/h7-14,16-17,19-20,24-25,27,31,34H,15H2,1-6H3,(H2,29,30)/b18-14-. The Bertz CT molecular complexity index is 1220. The van der Waals surface area contributed by atoms with E-state index in [1.54, 1.807) is 41.7 Å². The lowest BCUT2D eigenvalue weighted by Crippen LogP contribution is -2.36. The zero-order valence-electron chi connectivity index (χ0n) is 23.7. The second kappa shape index (κ2) is 14.5. The van der Waals surface area contributed by atoms with E-state index in [0.717, 1.165) is 10.8 Å². The van der Waals surface area contributed by atoms with Gasteiger partial charge in [-0.3, -0.25) is 19.5 Å². The van der Waals surface area contributed by atoms with Crippen LogP contribution in [-0.2, 0) is 23.6 Å². The monoisotopic (exact) mass is 574 g/mol. The molecule has 12 heteroatoms. The normalized spacial score (nSPS) is 23.2. The van der Waals surface area contributed by atoms with Crippen LogP contribution in [0.3, 0.4) is 0 Å². The highest BCUT2D eigenvalue weighted by Gasteiger charge is 2.44. The van der Waals surface area contributed by atoms with Gasteiger partial charge in [-0.2, -0.15) is 0 Å². The maximum absolute atomic E-state index is 12.5. The van der Waals surface area contributed by atoms with Crippen molar-refractivity contribution >= 4 is 37.5 Å². The molecule has 0 spiro atoms. The second-order valence-electron chi connectivity index (χ2n) is 9.85. The minimum atomic E-state index is -1.88. The molecule has 218 valence electrons. The molecule has 0 bridgehead atoms. The summed E-state index contributed by atoms with van der Waals surface area (Å²) in [6.07, 6.45) is -0.583. The van der Waals surface area contributed by atoms with E-state index < -0.39 is 44.9 Å². The van der Waals surface area contributed by atoms with Crippen LogP contribution in [0.15, 0.2) is 59.2 Å². The van der Waals surface area contributed by atoms with Crippen molar-refractivity contribution in [3.8, 4) is 5.75 Å². The third-order valence-electron chi connectivity index (χ3n) is 6.38. The smallest absolute Gasteiger partial charge is 0.323 e. The lowest BCUT2D eigenvalue weighted by molar-refractivity contribution is -0.149. The number of hydrogen-bond acceptors (Lipinski definition) is 9. The zero-order chi connectivity index (χ0) is 29.4. The summed E-state index contributed by atoms with van der Waals surface area (Å²) in [4.78, 5) is 29.6. The van der Waals surface area contributed by atoms with E-state index >= 15 is 0 Å². The molecule has 0 aromatic heterocycles. The first-order valence-corrected chi connectivity index (χ1v) is 14.3. The Hall–Kier alpha value is -3.08. The van der Waals surface area contributed by atoms with E-state index in [4.69, 9.17) is 24.3 Å². The molecular formula is C28H39N4O7P. The Balaban J connectivity index is 1.77. The number of esters is 1. The van der Waals surface area contributed by atoms with E-state index in [1.165, 1.54) is 11.1 Å². The van der Waals surface area contributed by atoms with E-state index in [0.29, 0.717) is 17.7 Å². The molecule has 11 nitrogen and oxygen atoms in total. The number of nitrogens with zero attached hydrogens (tertiary/aromatic N) is 2. The Morgan fingerprint density at radius 1 is 1.25 bits per heavy atom. The fourth-order valence-corrected chi connectivity index (χ4v) is 5.36. The zero-order valence-corrected chi connectivity index (χ0v) is 24.6. The van der Waals surface area contributed by atoms with Crippen LogP contribution < -0.4 is 15.3 Å². The van der Waals surface area contributed by atoms with E-state index in [-0.39, 0.29) is 18.5 Å². The minimum Gasteiger partial charge on any atom is -0.462 e. The maximum atomic E-state index is 12.5. The van der Waals surface area contributed by atoms with Crippen LogP contribution in [0.1, 0.15) is 34.6 Å². The fourth-order valence-electron chi connectivity index (χ4n) is 4.14. The number of aliphatic hydroxyl groups is 1. The van der Waals surface area contributed by atoms with Gasteiger partial charge in [-0.05, 0) is 39.1 Å². The van der Waals surface area contributed by atoms with Gasteiger partial charge in [-0.15, -0.1) is 0 Å². The molecule has 0 aliphatic carbocycles. The highest BCUT2D eigenvalue weighted by atomic mass is 31.2. The van der Waals surface area contributed by atoms with Crippen LogP contribution in [0, 0.1) is 5.92 Å². The van der Waals surface area contributed by atoms with E-state index in [9.17, 15) is 14.7 Å². The first-order valence-electron chi connectivity index (χ1n) is 13.1. The molecule has 6 unspecified atom stereocenters. The topological polar surface area (TPSA) is 145 Å². The Morgan fingerprint density at radius 2 is 1.95 bits per heavy atom. The van der Waals surface area contributed by atoms with Crippen LogP contribution in [0.5, 0.6) is 5.75 Å². The van der Waals surface area contributed by atoms with Gasteiger partial charge in [0.05, 0.1) is 18.8 Å². The van der Waals surface area contributed by atoms with Gasteiger partial charge in [-0.25, -0.2) is 5.09 Å². The summed E-state index contributed by atoms with van der Waals surface area (Å²) < 4.78 is 23.7. The molecule has 1 heterocycles. The van der Waals surface area contributed by atoms with Crippen molar-refractivity contribution in [3.05, 3.63) is 54.2 Å². The number of hydrogen-bond donors (Lipinski definition) is 3. The Labute approximate surface area is 236 Å². The number of carbonyl (C=O) groups is 2. The quantitative estimate of drug-likeness (QED) is 0.108. The highest BCUT2D eigenvalue weighted by Crippen LogP contribution is 2.41. The summed E-state index contributed by atoms with van der Waals surface area (Å²) in [6, 6.07) is 12.7. The molecule has 0 radical (unpaired) electrons. The number of nitrogens with two attached hydrogens (primary N) is 1. The number of aliphatic imine (C=N–C) groups is 1. The molecule has 4 N–H and O–H groups in total. The number of ether oxygens (including phenoxy) is 2. The van der Waals surface area contributed by atoms with Crippen molar-refractivity contribution in [2.24, 2.45) is 16.6 Å². The predicted octanol–water partition coefficient (Wildman–Crippen LogP) is 3.46. The first-order chi connectivity index (χ1) is 19.0. The number of nitrogens with one attached hydrogen (secondary N) is 1. The van der Waals surface area contributed by atoms with Gasteiger partial charge in [0.25, 0.3) is 0 Å². The van der Waals surface area contributed by atoms with Crippen molar-refractivity contribution in [2.45, 2.75) is 65.2 Å². The summed E-state index contributed by atoms with van der Waals surface area (Å²) in [6.45, 7) is 8.65. The van der Waals surface area contributed by atoms with E-state index in [2.05, 4.69) is 10.1 Å². The largest absolute Gasteiger partial charge is 0.462 e. The van der Waals surface area contributed by atoms with Crippen molar-refractivity contribution in [1.29, 1.82) is 0 Å². The fraction of sp³-hybridized carbons (Fsp3) is 0.464. The second-order valence-corrected chi connectivity index (χ2v) is 11.1. The van der Waals surface area contributed by atoms with Crippen LogP contribution >= 0.6 is 8.53 Å². The lowest BCUT2D eigenvalue weighted by Gasteiger charge is -2.25. The summed E-state index contributed by atoms with van der Waals surface area (Å²) in [5.41, 5.74) is 6.43. The van der Waals surface area contributed by atoms with Gasteiger partial charge >= 0.3 is 14.5 Å². The van der Waals surface area contributed by atoms with Crippen molar-refractivity contribution < 1.29 is 33.2 Å². The predicted molar refractivity (Wildman–Crippen MR) is 154 cm³/mol. The van der Waals surface area contributed by atoms with Gasteiger partial charge in [0.15, 0.2) is 0 Å². The molecule has 1 aliphatic heterocycles. The number of amidine groups is 1. The number of fused-ring (bicyclic) bond motifs is 1. The molecule has 1 saturated heterocycles. The maximum Gasteiger partial charge on any atom is 0.323 e. The van der Waals surface area contributed by atoms with Gasteiger partial charge in [0.2, 0.25) is 6.41 Å². The number of rotatable bonds is 13. The minimum absolute atomic E-state index is 0.0641. The van der Waals surface area contributed by atoms with Crippen LogP contribution in [0.25, 0.3) is 10.8 Å². The lowest BCUT2D eigenvalue weighted by atomic mass is 10.0. The molecule has 1 aliphatic rings. The summed E-state index contributed by atoms with van der Waals surface area (Å²) in [7, 11) is -0.329. The summed E-state index contributed by atoms with van der Waals surface area (Å²) >= 11 is 0. The van der Waals surface area contributed by atoms with Gasteiger partial charge in [0.1, 0.15) is 30.0 Å². The molecule has 6 atom stereocenters. The highest BCUT2D eigenvalue weighted by molar-refractivity contribution is 7.45. The molecule has 2 aromatic rings. The molecule has 0 saturated carbocycles. The molecular weight excluding hydrogens is 535 g/mol. The van der Waals surface area contributed by atoms with Crippen molar-refractivity contribution in [2.75, 3.05) is 13.7 Å². The van der Waals surface area contributed by atoms with Gasteiger partial charge in [0, 0.05) is 30.1 Å². The van der Waals surface area contributed by atoms with Crippen LogP contribution in [0.2, 0.25) is 0 Å².